The van der Waals surface area contributed by atoms with E-state index in [9.17, 15) is 9.59 Å². The van der Waals surface area contributed by atoms with Crippen LogP contribution < -0.4 is 0 Å². The normalized spacial score (nSPS) is 11.0. The Morgan fingerprint density at radius 1 is 0.629 bits per heavy atom. The van der Waals surface area contributed by atoms with Crippen molar-refractivity contribution in [3.05, 3.63) is 106 Å². The number of hydrogen-bond donors (Lipinski definition) is 0. The summed E-state index contributed by atoms with van der Waals surface area (Å²) < 4.78 is 0. The number of Topliss-reactive ketones (excluding diaryl/α,β-unsaturated/α-hetero) is 2. The topological polar surface area (TPSA) is 34.1 Å². The van der Waals surface area contributed by atoms with Crippen LogP contribution in [0.5, 0.6) is 0 Å². The van der Waals surface area contributed by atoms with Gasteiger partial charge in [0.1, 0.15) is 0 Å². The van der Waals surface area contributed by atoms with E-state index in [1.807, 2.05) is 107 Å². The van der Waals surface area contributed by atoms with E-state index in [1.54, 1.807) is 0 Å². The molecule has 3 aromatic rings. The van der Waals surface area contributed by atoms with Crippen LogP contribution in [0.2, 0.25) is 0 Å². The van der Waals surface area contributed by atoms with Gasteiger partial charge in [-0.3, -0.25) is 9.59 Å². The fraction of sp³-hybridized carbons (Fsp3) is 0.394. The van der Waals surface area contributed by atoms with Crippen LogP contribution in [0.3, 0.4) is 0 Å². The maximum atomic E-state index is 13.1. The molecule has 1 unspecified atom stereocenters. The van der Waals surface area contributed by atoms with Crippen molar-refractivity contribution in [1.29, 1.82) is 0 Å². The Balaban J connectivity index is 0.00000145. The van der Waals surface area contributed by atoms with Crippen LogP contribution in [0, 0.1) is 6.92 Å². The molecule has 3 rings (SSSR count). The number of ketones is 2. The van der Waals surface area contributed by atoms with Gasteiger partial charge in [0.05, 0.1) is 0 Å². The Hall–Kier alpha value is -3.00. The molecule has 0 aliphatic carbocycles. The summed E-state index contributed by atoms with van der Waals surface area (Å²) in [6.07, 6.45) is 1.60. The first kappa shape index (κ1) is 30.0. The van der Waals surface area contributed by atoms with Gasteiger partial charge in [-0.05, 0) is 41.9 Å². The zero-order valence-electron chi connectivity index (χ0n) is 23.0. The first-order valence-corrected chi connectivity index (χ1v) is 13.2. The number of rotatable bonds is 9. The van der Waals surface area contributed by atoms with Crippen molar-refractivity contribution in [2.24, 2.45) is 0 Å². The predicted octanol–water partition coefficient (Wildman–Crippen LogP) is 9.36. The van der Waals surface area contributed by atoms with Crippen LogP contribution in [0.4, 0.5) is 0 Å². The summed E-state index contributed by atoms with van der Waals surface area (Å²) in [4.78, 5) is 26.1. The summed E-state index contributed by atoms with van der Waals surface area (Å²) in [7, 11) is 0. The van der Waals surface area contributed by atoms with Crippen LogP contribution >= 0.6 is 0 Å². The molecule has 0 amide bonds. The van der Waals surface area contributed by atoms with Gasteiger partial charge in [-0.25, -0.2) is 0 Å². The van der Waals surface area contributed by atoms with E-state index < -0.39 is 0 Å². The molecule has 0 N–H and O–H groups in total. The largest absolute Gasteiger partial charge is 0.294 e. The standard InChI is InChI=1S/C29H32O2.2C2H6/c1-5-22-8-12-25(13-9-22)28(30)18-27(24-10-6-21(4)7-11-24)19-29(31)26-16-14-23(15-17-26)20(2)3;2*1-2/h6-17,20,27H,5,18-19H2,1-4H3;2*1-2H3. The second-order valence-electron chi connectivity index (χ2n) is 8.69. The van der Waals surface area contributed by atoms with Crippen molar-refractivity contribution in [3.63, 3.8) is 0 Å². The van der Waals surface area contributed by atoms with E-state index in [1.165, 1.54) is 16.7 Å². The van der Waals surface area contributed by atoms with Gasteiger partial charge in [0.15, 0.2) is 11.6 Å². The van der Waals surface area contributed by atoms with Gasteiger partial charge in [0.2, 0.25) is 0 Å². The maximum Gasteiger partial charge on any atom is 0.163 e. The van der Waals surface area contributed by atoms with E-state index >= 15 is 0 Å². The molecule has 3 aromatic carbocycles. The number of carbonyl (C=O) groups excluding carboxylic acids is 2. The lowest BCUT2D eigenvalue weighted by Gasteiger charge is -2.17. The van der Waals surface area contributed by atoms with Crippen molar-refractivity contribution in [3.8, 4) is 0 Å². The molecule has 2 nitrogen and oxygen atoms in total. The van der Waals surface area contributed by atoms with E-state index in [2.05, 4.69) is 20.8 Å². The third-order valence-corrected chi connectivity index (χ3v) is 6.00. The van der Waals surface area contributed by atoms with Crippen LogP contribution in [0.25, 0.3) is 0 Å². The molecule has 0 aromatic heterocycles. The van der Waals surface area contributed by atoms with Gasteiger partial charge in [-0.1, -0.05) is 127 Å². The van der Waals surface area contributed by atoms with Crippen LogP contribution in [0.1, 0.15) is 116 Å². The Bertz CT molecular complexity index is 1010. The maximum absolute atomic E-state index is 13.1. The Morgan fingerprint density at radius 2 is 1.03 bits per heavy atom. The quantitative estimate of drug-likeness (QED) is 0.291. The second-order valence-corrected chi connectivity index (χ2v) is 8.69. The van der Waals surface area contributed by atoms with E-state index in [-0.39, 0.29) is 17.5 Å². The fourth-order valence-corrected chi connectivity index (χ4v) is 3.81. The van der Waals surface area contributed by atoms with Gasteiger partial charge in [-0.2, -0.15) is 0 Å². The lowest BCUT2D eigenvalue weighted by atomic mass is 9.85. The summed E-state index contributed by atoms with van der Waals surface area (Å²) in [6.45, 7) is 16.4. The minimum atomic E-state index is -0.142. The van der Waals surface area contributed by atoms with E-state index in [0.717, 1.165) is 12.0 Å². The van der Waals surface area contributed by atoms with E-state index in [4.69, 9.17) is 0 Å². The van der Waals surface area contributed by atoms with Gasteiger partial charge in [0.25, 0.3) is 0 Å². The molecule has 0 aliphatic rings. The minimum Gasteiger partial charge on any atom is -0.294 e. The summed E-state index contributed by atoms with van der Waals surface area (Å²) >= 11 is 0. The van der Waals surface area contributed by atoms with Gasteiger partial charge in [-0.15, -0.1) is 0 Å². The molecule has 0 saturated heterocycles. The Labute approximate surface area is 213 Å². The molecule has 2 heteroatoms. The monoisotopic (exact) mass is 472 g/mol. The molecule has 0 radical (unpaired) electrons. The third-order valence-electron chi connectivity index (χ3n) is 6.00. The number of hydrogen-bond acceptors (Lipinski definition) is 2. The first-order valence-electron chi connectivity index (χ1n) is 13.2. The van der Waals surface area contributed by atoms with Crippen molar-refractivity contribution >= 4 is 11.6 Å². The molecule has 188 valence electrons. The molecule has 1 atom stereocenters. The Kier molecular flexibility index (Phi) is 13.6. The van der Waals surface area contributed by atoms with Gasteiger partial charge >= 0.3 is 0 Å². The smallest absolute Gasteiger partial charge is 0.163 e. The van der Waals surface area contributed by atoms with Crippen LogP contribution in [-0.4, -0.2) is 11.6 Å². The SMILES string of the molecule is CC.CC.CCc1ccc(C(=O)CC(CC(=O)c2ccc(C(C)C)cc2)c2ccc(C)cc2)cc1. The first-order chi connectivity index (χ1) is 16.9. The highest BCUT2D eigenvalue weighted by Gasteiger charge is 2.21. The average Bonchev–Trinajstić information content (AvgIpc) is 2.91. The Morgan fingerprint density at radius 3 is 1.43 bits per heavy atom. The molecular weight excluding hydrogens is 428 g/mol. The highest BCUT2D eigenvalue weighted by Crippen LogP contribution is 2.28. The number of aryl methyl sites for hydroxylation is 2. The average molecular weight is 473 g/mol. The van der Waals surface area contributed by atoms with Crippen molar-refractivity contribution in [2.75, 3.05) is 0 Å². The predicted molar refractivity (Wildman–Crippen MR) is 151 cm³/mol. The van der Waals surface area contributed by atoms with Crippen molar-refractivity contribution < 1.29 is 9.59 Å². The van der Waals surface area contributed by atoms with Crippen molar-refractivity contribution in [2.45, 2.75) is 86.5 Å². The summed E-state index contributed by atoms with van der Waals surface area (Å²) in [5.74, 6) is 0.448. The molecule has 0 heterocycles. The zero-order valence-corrected chi connectivity index (χ0v) is 23.0. The summed E-state index contributed by atoms with van der Waals surface area (Å²) in [6, 6.07) is 23.9. The second kappa shape index (κ2) is 15.8. The number of carbonyl (C=O) groups is 2. The van der Waals surface area contributed by atoms with Gasteiger partial charge < -0.3 is 0 Å². The summed E-state index contributed by atoms with van der Waals surface area (Å²) in [5.41, 5.74) is 6.06. The molecular formula is C33H44O2. The molecule has 0 aliphatic heterocycles. The van der Waals surface area contributed by atoms with Crippen LogP contribution in [-0.2, 0) is 6.42 Å². The van der Waals surface area contributed by atoms with E-state index in [0.29, 0.717) is 29.9 Å². The highest BCUT2D eigenvalue weighted by atomic mass is 16.1. The molecule has 0 fully saturated rings. The molecule has 0 saturated carbocycles. The minimum absolute atomic E-state index is 0.0787. The van der Waals surface area contributed by atoms with Gasteiger partial charge in [0, 0.05) is 24.0 Å². The van der Waals surface area contributed by atoms with Crippen molar-refractivity contribution in [1.82, 2.24) is 0 Å². The lowest BCUT2D eigenvalue weighted by Crippen LogP contribution is -2.13. The fourth-order valence-electron chi connectivity index (χ4n) is 3.81. The molecule has 35 heavy (non-hydrogen) atoms. The van der Waals surface area contributed by atoms with Crippen LogP contribution in [0.15, 0.2) is 72.8 Å². The molecule has 0 bridgehead atoms. The summed E-state index contributed by atoms with van der Waals surface area (Å²) in [5, 5.41) is 0. The zero-order chi connectivity index (χ0) is 26.4. The molecule has 0 spiro atoms. The lowest BCUT2D eigenvalue weighted by molar-refractivity contribution is 0.0944. The third kappa shape index (κ3) is 9.28. The highest BCUT2D eigenvalue weighted by molar-refractivity contribution is 5.99. The number of benzene rings is 3.